The van der Waals surface area contributed by atoms with E-state index in [4.69, 9.17) is 4.74 Å². The summed E-state index contributed by atoms with van der Waals surface area (Å²) in [7, 11) is 0. The third-order valence-electron chi connectivity index (χ3n) is 3.97. The normalized spacial score (nSPS) is 21.2. The van der Waals surface area contributed by atoms with Crippen LogP contribution in [0.4, 0.5) is 13.2 Å². The molecular formula is C16H18F3NO4. The summed E-state index contributed by atoms with van der Waals surface area (Å²) in [5.74, 6) is -3.89. The number of hydrogen-bond acceptors (Lipinski definition) is 4. The number of ether oxygens (including phenoxy) is 1. The standard InChI is InChI=1S/C16H18F3NO4/c1-3-24-15(23)13-9(2)12-5-4-11(21)6-10(12)7-20(14(13)22)8-16(17,18)19/h4-6,9,13,21H,3,7-8H2,1-2H3. The van der Waals surface area contributed by atoms with E-state index >= 15 is 0 Å². The molecule has 2 unspecified atom stereocenters. The number of alkyl halides is 3. The fraction of sp³-hybridized carbons (Fsp3) is 0.500. The molecule has 0 spiro atoms. The van der Waals surface area contributed by atoms with E-state index in [1.54, 1.807) is 13.8 Å². The minimum Gasteiger partial charge on any atom is -0.508 e. The highest BCUT2D eigenvalue weighted by Gasteiger charge is 2.44. The average Bonchev–Trinajstić information content (AvgIpc) is 2.53. The Morgan fingerprint density at radius 1 is 1.42 bits per heavy atom. The van der Waals surface area contributed by atoms with Gasteiger partial charge in [0, 0.05) is 12.5 Å². The van der Waals surface area contributed by atoms with Crippen molar-refractivity contribution in [2.24, 2.45) is 5.92 Å². The van der Waals surface area contributed by atoms with Crippen molar-refractivity contribution >= 4 is 11.9 Å². The monoisotopic (exact) mass is 345 g/mol. The molecule has 0 radical (unpaired) electrons. The summed E-state index contributed by atoms with van der Waals surface area (Å²) in [6.07, 6.45) is -4.60. The molecule has 5 nitrogen and oxygen atoms in total. The Morgan fingerprint density at radius 3 is 2.67 bits per heavy atom. The van der Waals surface area contributed by atoms with Gasteiger partial charge in [-0.25, -0.2) is 0 Å². The molecule has 2 atom stereocenters. The first-order valence-electron chi connectivity index (χ1n) is 7.48. The lowest BCUT2D eigenvalue weighted by Crippen LogP contribution is -2.44. The molecule has 132 valence electrons. The van der Waals surface area contributed by atoms with Crippen LogP contribution in [0.1, 0.15) is 30.9 Å². The van der Waals surface area contributed by atoms with Gasteiger partial charge in [0.2, 0.25) is 5.91 Å². The molecule has 1 N–H and O–H groups in total. The van der Waals surface area contributed by atoms with Crippen molar-refractivity contribution in [1.82, 2.24) is 4.90 Å². The van der Waals surface area contributed by atoms with Gasteiger partial charge in [-0.3, -0.25) is 9.59 Å². The van der Waals surface area contributed by atoms with Gasteiger partial charge in [-0.05, 0) is 30.2 Å². The van der Waals surface area contributed by atoms with Crippen LogP contribution >= 0.6 is 0 Å². The smallest absolute Gasteiger partial charge is 0.406 e. The zero-order valence-electron chi connectivity index (χ0n) is 13.3. The number of phenols is 1. The quantitative estimate of drug-likeness (QED) is 0.675. The Bertz CT molecular complexity index is 645. The lowest BCUT2D eigenvalue weighted by atomic mass is 9.85. The van der Waals surface area contributed by atoms with Crippen molar-refractivity contribution in [1.29, 1.82) is 0 Å². The van der Waals surface area contributed by atoms with Gasteiger partial charge in [-0.2, -0.15) is 13.2 Å². The van der Waals surface area contributed by atoms with Gasteiger partial charge in [-0.1, -0.05) is 13.0 Å². The molecule has 1 amide bonds. The second kappa shape index (κ2) is 6.70. The van der Waals surface area contributed by atoms with Gasteiger partial charge < -0.3 is 14.7 Å². The summed E-state index contributed by atoms with van der Waals surface area (Å²) in [5.41, 5.74) is 0.927. The molecule has 0 aromatic heterocycles. The topological polar surface area (TPSA) is 66.8 Å². The average molecular weight is 345 g/mol. The van der Waals surface area contributed by atoms with Gasteiger partial charge in [-0.15, -0.1) is 0 Å². The van der Waals surface area contributed by atoms with Gasteiger partial charge in [0.1, 0.15) is 18.2 Å². The number of halogens is 3. The minimum absolute atomic E-state index is 0.0248. The molecule has 2 rings (SSSR count). The molecule has 8 heteroatoms. The highest BCUT2D eigenvalue weighted by atomic mass is 19.4. The van der Waals surface area contributed by atoms with Crippen molar-refractivity contribution in [3.63, 3.8) is 0 Å². The van der Waals surface area contributed by atoms with E-state index in [0.29, 0.717) is 16.0 Å². The molecule has 1 aromatic carbocycles. The number of benzene rings is 1. The Morgan fingerprint density at radius 2 is 2.08 bits per heavy atom. The third kappa shape index (κ3) is 3.80. The maximum atomic E-state index is 12.8. The van der Waals surface area contributed by atoms with E-state index in [9.17, 15) is 27.9 Å². The molecular weight excluding hydrogens is 327 g/mol. The molecule has 1 aromatic rings. The first-order chi connectivity index (χ1) is 11.1. The zero-order chi connectivity index (χ0) is 18.1. The molecule has 0 fully saturated rings. The van der Waals surface area contributed by atoms with Crippen molar-refractivity contribution in [3.8, 4) is 5.75 Å². The summed E-state index contributed by atoms with van der Waals surface area (Å²) in [6.45, 7) is 1.37. The number of amides is 1. The van der Waals surface area contributed by atoms with E-state index in [0.717, 1.165) is 0 Å². The number of aromatic hydroxyl groups is 1. The number of hydrogen-bond donors (Lipinski definition) is 1. The highest BCUT2D eigenvalue weighted by molar-refractivity contribution is 5.99. The van der Waals surface area contributed by atoms with E-state index < -0.39 is 36.4 Å². The zero-order valence-corrected chi connectivity index (χ0v) is 13.3. The predicted octanol–water partition coefficient (Wildman–Crippen LogP) is 2.58. The van der Waals surface area contributed by atoms with Crippen LogP contribution in [-0.4, -0.2) is 41.2 Å². The molecule has 0 saturated heterocycles. The third-order valence-corrected chi connectivity index (χ3v) is 3.97. The molecule has 0 saturated carbocycles. The molecule has 1 aliphatic rings. The van der Waals surface area contributed by atoms with Gasteiger partial charge in [0.15, 0.2) is 0 Å². The van der Waals surface area contributed by atoms with E-state index in [1.807, 2.05) is 0 Å². The number of fused-ring (bicyclic) bond motifs is 1. The fourth-order valence-corrected chi connectivity index (χ4v) is 2.93. The number of carbonyl (C=O) groups is 2. The number of carbonyl (C=O) groups excluding carboxylic acids is 2. The second-order valence-electron chi connectivity index (χ2n) is 5.71. The van der Waals surface area contributed by atoms with Gasteiger partial charge >= 0.3 is 12.1 Å². The largest absolute Gasteiger partial charge is 0.508 e. The number of esters is 1. The van der Waals surface area contributed by atoms with Crippen molar-refractivity contribution in [2.45, 2.75) is 32.5 Å². The highest BCUT2D eigenvalue weighted by Crippen LogP contribution is 2.36. The summed E-state index contributed by atoms with van der Waals surface area (Å²) >= 11 is 0. The lowest BCUT2D eigenvalue weighted by molar-refractivity contribution is -0.170. The van der Waals surface area contributed by atoms with E-state index in [2.05, 4.69) is 0 Å². The van der Waals surface area contributed by atoms with Crippen LogP contribution in [0, 0.1) is 5.92 Å². The van der Waals surface area contributed by atoms with Crippen LogP contribution in [0.25, 0.3) is 0 Å². The number of nitrogens with zero attached hydrogens (tertiary/aromatic N) is 1. The first kappa shape index (κ1) is 18.1. The molecule has 1 heterocycles. The van der Waals surface area contributed by atoms with Crippen molar-refractivity contribution in [2.75, 3.05) is 13.2 Å². The number of phenolic OH excluding ortho intramolecular Hbond substituents is 1. The van der Waals surface area contributed by atoms with Crippen LogP contribution < -0.4 is 0 Å². The summed E-state index contributed by atoms with van der Waals surface area (Å²) < 4.78 is 43.3. The summed E-state index contributed by atoms with van der Waals surface area (Å²) in [4.78, 5) is 25.3. The van der Waals surface area contributed by atoms with Crippen LogP contribution in [-0.2, 0) is 20.9 Å². The summed E-state index contributed by atoms with van der Waals surface area (Å²) in [6, 6.07) is 4.21. The molecule has 0 bridgehead atoms. The maximum Gasteiger partial charge on any atom is 0.406 e. The Kier molecular flexibility index (Phi) is 5.05. The fourth-order valence-electron chi connectivity index (χ4n) is 2.93. The Hall–Kier alpha value is -2.25. The molecule has 1 aliphatic heterocycles. The SMILES string of the molecule is CCOC(=O)C1C(=O)N(CC(F)(F)F)Cc2cc(O)ccc2C1C. The maximum absolute atomic E-state index is 12.8. The van der Waals surface area contributed by atoms with Crippen LogP contribution in [0.15, 0.2) is 18.2 Å². The van der Waals surface area contributed by atoms with Crippen molar-refractivity contribution in [3.05, 3.63) is 29.3 Å². The number of rotatable bonds is 3. The van der Waals surface area contributed by atoms with E-state index in [-0.39, 0.29) is 18.9 Å². The second-order valence-corrected chi connectivity index (χ2v) is 5.71. The van der Waals surface area contributed by atoms with E-state index in [1.165, 1.54) is 18.2 Å². The Labute approximate surface area is 137 Å². The van der Waals surface area contributed by atoms with Gasteiger partial charge in [0.05, 0.1) is 6.61 Å². The van der Waals surface area contributed by atoms with Crippen LogP contribution in [0.3, 0.4) is 0 Å². The predicted molar refractivity (Wildman–Crippen MR) is 78.1 cm³/mol. The lowest BCUT2D eigenvalue weighted by Gasteiger charge is -2.26. The molecule has 0 aliphatic carbocycles. The van der Waals surface area contributed by atoms with Crippen molar-refractivity contribution < 1.29 is 32.6 Å². The van der Waals surface area contributed by atoms with Crippen LogP contribution in [0.2, 0.25) is 0 Å². The molecule has 24 heavy (non-hydrogen) atoms. The Balaban J connectivity index is 2.49. The first-order valence-corrected chi connectivity index (χ1v) is 7.48. The van der Waals surface area contributed by atoms with Crippen LogP contribution in [0.5, 0.6) is 5.75 Å². The van der Waals surface area contributed by atoms with Gasteiger partial charge in [0.25, 0.3) is 0 Å². The summed E-state index contributed by atoms with van der Waals surface area (Å²) in [5, 5.41) is 9.59. The minimum atomic E-state index is -4.60.